The van der Waals surface area contributed by atoms with E-state index >= 15 is 0 Å². The highest BCUT2D eigenvalue weighted by Crippen LogP contribution is 2.19. The molecular weight excluding hydrogens is 370 g/mol. The van der Waals surface area contributed by atoms with Crippen LogP contribution >= 0.6 is 23.1 Å². The van der Waals surface area contributed by atoms with Crippen molar-refractivity contribution in [1.82, 2.24) is 10.3 Å². The van der Waals surface area contributed by atoms with Crippen LogP contribution in [-0.2, 0) is 4.79 Å². The van der Waals surface area contributed by atoms with Crippen LogP contribution in [0.25, 0.3) is 11.0 Å². The second kappa shape index (κ2) is 8.37. The van der Waals surface area contributed by atoms with Crippen molar-refractivity contribution in [3.8, 4) is 0 Å². The van der Waals surface area contributed by atoms with Gasteiger partial charge in [0.2, 0.25) is 5.91 Å². The number of hydrogen-bond acceptors (Lipinski definition) is 6. The van der Waals surface area contributed by atoms with Gasteiger partial charge in [0.25, 0.3) is 5.91 Å². The first-order valence-electron chi connectivity index (χ1n) is 8.08. The standard InChI is InChI=1S/C18H19N3O3S2/c1-11-10-26-18(19-11)21-16(22)13(7-8-25-2)20-17(23)15-9-12-5-3-4-6-14(12)24-15/h3-6,9-10,13H,7-8H2,1-2H3,(H,20,23)(H,19,21,22)/t13-/m1/s1. The number of fused-ring (bicyclic) bond motifs is 1. The third kappa shape index (κ3) is 4.44. The molecule has 0 spiro atoms. The third-order valence-corrected chi connectivity index (χ3v) is 5.25. The highest BCUT2D eigenvalue weighted by molar-refractivity contribution is 7.98. The van der Waals surface area contributed by atoms with Gasteiger partial charge in [-0.25, -0.2) is 4.98 Å². The lowest BCUT2D eigenvalue weighted by atomic mass is 10.2. The molecule has 0 fully saturated rings. The number of aryl methyl sites for hydroxylation is 1. The minimum absolute atomic E-state index is 0.193. The second-order valence-electron chi connectivity index (χ2n) is 5.74. The molecule has 0 aliphatic heterocycles. The molecule has 3 aromatic rings. The molecule has 0 saturated heterocycles. The molecule has 6 nitrogen and oxygen atoms in total. The Bertz CT molecular complexity index is 886. The number of hydrogen-bond donors (Lipinski definition) is 2. The SMILES string of the molecule is CSCC[C@@H](NC(=O)c1cc2ccccc2o1)C(=O)Nc1nc(C)cs1. The molecule has 2 aromatic heterocycles. The first-order valence-corrected chi connectivity index (χ1v) is 10.4. The second-order valence-corrected chi connectivity index (χ2v) is 7.58. The van der Waals surface area contributed by atoms with Gasteiger partial charge in [-0.2, -0.15) is 11.8 Å². The Morgan fingerprint density at radius 2 is 2.15 bits per heavy atom. The number of aromatic nitrogens is 1. The summed E-state index contributed by atoms with van der Waals surface area (Å²) >= 11 is 2.97. The number of furan rings is 1. The molecule has 0 aliphatic rings. The van der Waals surface area contributed by atoms with E-state index in [1.807, 2.05) is 36.8 Å². The molecular formula is C18H19N3O3S2. The van der Waals surface area contributed by atoms with Crippen molar-refractivity contribution in [1.29, 1.82) is 0 Å². The third-order valence-electron chi connectivity index (χ3n) is 3.73. The van der Waals surface area contributed by atoms with Crippen LogP contribution in [0, 0.1) is 6.92 Å². The maximum atomic E-state index is 12.6. The average Bonchev–Trinajstić information content (AvgIpc) is 3.24. The molecule has 26 heavy (non-hydrogen) atoms. The van der Waals surface area contributed by atoms with Crippen molar-refractivity contribution in [2.75, 3.05) is 17.3 Å². The molecule has 3 rings (SSSR count). The van der Waals surface area contributed by atoms with Gasteiger partial charge < -0.3 is 15.1 Å². The number of carbonyl (C=O) groups is 2. The van der Waals surface area contributed by atoms with Crippen LogP contribution in [0.3, 0.4) is 0 Å². The summed E-state index contributed by atoms with van der Waals surface area (Å²) in [4.78, 5) is 29.3. The van der Waals surface area contributed by atoms with Gasteiger partial charge in [0.1, 0.15) is 11.6 Å². The Kier molecular flexibility index (Phi) is 5.95. The maximum Gasteiger partial charge on any atom is 0.287 e. The quantitative estimate of drug-likeness (QED) is 0.644. The molecule has 0 radical (unpaired) electrons. The number of carbonyl (C=O) groups excluding carboxylic acids is 2. The lowest BCUT2D eigenvalue weighted by Gasteiger charge is -2.16. The minimum atomic E-state index is -0.660. The number of nitrogens with zero attached hydrogens (tertiary/aromatic N) is 1. The van der Waals surface area contributed by atoms with Gasteiger partial charge in [0.15, 0.2) is 10.9 Å². The summed E-state index contributed by atoms with van der Waals surface area (Å²) in [5.74, 6) is 0.254. The Labute approximate surface area is 159 Å². The summed E-state index contributed by atoms with van der Waals surface area (Å²) in [6.07, 6.45) is 2.48. The largest absolute Gasteiger partial charge is 0.451 e. The highest BCUT2D eigenvalue weighted by Gasteiger charge is 2.23. The van der Waals surface area contributed by atoms with E-state index in [1.165, 1.54) is 11.3 Å². The summed E-state index contributed by atoms with van der Waals surface area (Å²) < 4.78 is 5.58. The fourth-order valence-corrected chi connectivity index (χ4v) is 3.59. The summed E-state index contributed by atoms with van der Waals surface area (Å²) in [5.41, 5.74) is 1.48. The van der Waals surface area contributed by atoms with E-state index in [1.54, 1.807) is 23.9 Å². The van der Waals surface area contributed by atoms with Gasteiger partial charge in [0.05, 0.1) is 5.69 Å². The van der Waals surface area contributed by atoms with E-state index in [-0.39, 0.29) is 11.7 Å². The number of rotatable bonds is 7. The van der Waals surface area contributed by atoms with E-state index in [2.05, 4.69) is 15.6 Å². The molecule has 1 atom stereocenters. The summed E-state index contributed by atoms with van der Waals surface area (Å²) in [6.45, 7) is 1.86. The Morgan fingerprint density at radius 1 is 1.35 bits per heavy atom. The molecule has 0 aliphatic carbocycles. The lowest BCUT2D eigenvalue weighted by molar-refractivity contribution is -0.118. The number of thiazole rings is 1. The van der Waals surface area contributed by atoms with Crippen molar-refractivity contribution in [3.05, 3.63) is 47.2 Å². The zero-order valence-corrected chi connectivity index (χ0v) is 16.1. The van der Waals surface area contributed by atoms with Crippen molar-refractivity contribution < 1.29 is 14.0 Å². The fraction of sp³-hybridized carbons (Fsp3) is 0.278. The van der Waals surface area contributed by atoms with Gasteiger partial charge in [0, 0.05) is 10.8 Å². The monoisotopic (exact) mass is 389 g/mol. The van der Waals surface area contributed by atoms with Crippen LogP contribution in [0.5, 0.6) is 0 Å². The Morgan fingerprint density at radius 3 is 2.85 bits per heavy atom. The smallest absolute Gasteiger partial charge is 0.287 e. The van der Waals surface area contributed by atoms with E-state index < -0.39 is 11.9 Å². The van der Waals surface area contributed by atoms with E-state index in [0.29, 0.717) is 17.1 Å². The predicted molar refractivity (Wildman–Crippen MR) is 106 cm³/mol. The number of para-hydroxylation sites is 1. The van der Waals surface area contributed by atoms with Crippen LogP contribution in [0.4, 0.5) is 5.13 Å². The number of amides is 2. The van der Waals surface area contributed by atoms with Crippen LogP contribution < -0.4 is 10.6 Å². The van der Waals surface area contributed by atoms with Crippen molar-refractivity contribution in [2.45, 2.75) is 19.4 Å². The molecule has 0 saturated carbocycles. The average molecular weight is 390 g/mol. The normalized spacial score (nSPS) is 12.1. The number of nitrogens with one attached hydrogen (secondary N) is 2. The predicted octanol–water partition coefficient (Wildman–Crippen LogP) is 3.69. The fourth-order valence-electron chi connectivity index (χ4n) is 2.43. The molecule has 136 valence electrons. The van der Waals surface area contributed by atoms with Gasteiger partial charge >= 0.3 is 0 Å². The first kappa shape index (κ1) is 18.5. The Hall–Kier alpha value is -2.32. The lowest BCUT2D eigenvalue weighted by Crippen LogP contribution is -2.44. The molecule has 2 amide bonds. The van der Waals surface area contributed by atoms with Crippen molar-refractivity contribution >= 4 is 51.0 Å². The molecule has 8 heteroatoms. The minimum Gasteiger partial charge on any atom is -0.451 e. The van der Waals surface area contributed by atoms with E-state index in [9.17, 15) is 9.59 Å². The van der Waals surface area contributed by atoms with Crippen LogP contribution in [-0.4, -0.2) is 34.8 Å². The number of thioether (sulfide) groups is 1. The number of anilines is 1. The van der Waals surface area contributed by atoms with Crippen molar-refractivity contribution in [3.63, 3.8) is 0 Å². The molecule has 1 aromatic carbocycles. The van der Waals surface area contributed by atoms with Crippen LogP contribution in [0.15, 0.2) is 40.1 Å². The van der Waals surface area contributed by atoms with Crippen molar-refractivity contribution in [2.24, 2.45) is 0 Å². The van der Waals surface area contributed by atoms with Gasteiger partial charge in [-0.05, 0) is 37.5 Å². The summed E-state index contributed by atoms with van der Waals surface area (Å²) in [7, 11) is 0. The van der Waals surface area contributed by atoms with Gasteiger partial charge in [-0.3, -0.25) is 9.59 Å². The zero-order chi connectivity index (χ0) is 18.5. The van der Waals surface area contributed by atoms with Gasteiger partial charge in [-0.1, -0.05) is 18.2 Å². The van der Waals surface area contributed by atoms with Gasteiger partial charge in [-0.15, -0.1) is 11.3 Å². The summed E-state index contributed by atoms with van der Waals surface area (Å²) in [5, 5.41) is 8.78. The maximum absolute atomic E-state index is 12.6. The van der Waals surface area contributed by atoms with E-state index in [0.717, 1.165) is 16.8 Å². The molecule has 0 unspecified atom stereocenters. The first-order chi connectivity index (χ1) is 12.6. The topological polar surface area (TPSA) is 84.2 Å². The number of benzene rings is 1. The van der Waals surface area contributed by atoms with Crippen LogP contribution in [0.2, 0.25) is 0 Å². The highest BCUT2D eigenvalue weighted by atomic mass is 32.2. The van der Waals surface area contributed by atoms with Crippen LogP contribution in [0.1, 0.15) is 22.7 Å². The molecule has 2 heterocycles. The zero-order valence-electron chi connectivity index (χ0n) is 14.4. The Balaban J connectivity index is 1.72. The summed E-state index contributed by atoms with van der Waals surface area (Å²) in [6, 6.07) is 8.42. The molecule has 2 N–H and O–H groups in total. The van der Waals surface area contributed by atoms with E-state index in [4.69, 9.17) is 4.42 Å². The molecule has 0 bridgehead atoms.